The van der Waals surface area contributed by atoms with Crippen LogP contribution in [0.25, 0.3) is 0 Å². The lowest BCUT2D eigenvalue weighted by molar-refractivity contribution is 0.192. The number of anilines is 1. The Hall–Kier alpha value is -1.41. The number of primary sulfonamides is 1. The molecule has 0 bridgehead atoms. The van der Waals surface area contributed by atoms with Crippen molar-refractivity contribution in [1.29, 1.82) is 0 Å². The Balaban J connectivity index is 1.97. The van der Waals surface area contributed by atoms with E-state index in [9.17, 15) is 13.5 Å². The molecule has 1 aromatic heterocycles. The summed E-state index contributed by atoms with van der Waals surface area (Å²) in [6, 6.07) is 7.94. The van der Waals surface area contributed by atoms with Gasteiger partial charge in [0, 0.05) is 12.2 Å². The molecule has 1 unspecified atom stereocenters. The number of sulfonamides is 1. The largest absolute Gasteiger partial charge is 0.387 e. The first-order valence-electron chi connectivity index (χ1n) is 5.54. The van der Waals surface area contributed by atoms with Crippen molar-refractivity contribution < 1.29 is 13.5 Å². The molecule has 102 valence electrons. The van der Waals surface area contributed by atoms with Crippen LogP contribution in [0.5, 0.6) is 0 Å². The van der Waals surface area contributed by atoms with Crippen LogP contribution in [0.2, 0.25) is 0 Å². The highest BCUT2D eigenvalue weighted by Crippen LogP contribution is 2.18. The van der Waals surface area contributed by atoms with Gasteiger partial charge in [-0.25, -0.2) is 13.6 Å². The van der Waals surface area contributed by atoms with Gasteiger partial charge in [-0.2, -0.15) is 11.3 Å². The first-order chi connectivity index (χ1) is 8.97. The molecule has 0 aliphatic carbocycles. The first kappa shape index (κ1) is 14.0. The van der Waals surface area contributed by atoms with E-state index >= 15 is 0 Å². The summed E-state index contributed by atoms with van der Waals surface area (Å²) < 4.78 is 22.2. The molecular weight excluding hydrogens is 284 g/mol. The van der Waals surface area contributed by atoms with Gasteiger partial charge in [-0.3, -0.25) is 0 Å². The van der Waals surface area contributed by atoms with Crippen molar-refractivity contribution in [2.45, 2.75) is 11.0 Å². The summed E-state index contributed by atoms with van der Waals surface area (Å²) in [7, 11) is -3.66. The molecule has 7 heteroatoms. The fourth-order valence-electron chi connectivity index (χ4n) is 1.56. The van der Waals surface area contributed by atoms with Crippen LogP contribution in [0.1, 0.15) is 11.7 Å². The molecule has 5 nitrogen and oxygen atoms in total. The van der Waals surface area contributed by atoms with Crippen LogP contribution in [0.4, 0.5) is 5.69 Å². The van der Waals surface area contributed by atoms with Crippen LogP contribution in [0.3, 0.4) is 0 Å². The van der Waals surface area contributed by atoms with Crippen LogP contribution in [0.15, 0.2) is 46.0 Å². The lowest BCUT2D eigenvalue weighted by Crippen LogP contribution is -2.13. The van der Waals surface area contributed by atoms with Crippen molar-refractivity contribution in [3.05, 3.63) is 46.7 Å². The van der Waals surface area contributed by atoms with Gasteiger partial charge in [-0.15, -0.1) is 0 Å². The zero-order valence-electron chi connectivity index (χ0n) is 9.98. The van der Waals surface area contributed by atoms with E-state index in [0.29, 0.717) is 6.54 Å². The van der Waals surface area contributed by atoms with Gasteiger partial charge >= 0.3 is 0 Å². The second-order valence-electron chi connectivity index (χ2n) is 4.02. The predicted octanol–water partition coefficient (Wildman–Crippen LogP) is 1.54. The minimum atomic E-state index is -3.66. The maximum Gasteiger partial charge on any atom is 0.238 e. The first-order valence-corrected chi connectivity index (χ1v) is 8.02. The van der Waals surface area contributed by atoms with Crippen LogP contribution in [-0.4, -0.2) is 20.1 Å². The molecule has 0 spiro atoms. The molecule has 0 saturated carbocycles. The van der Waals surface area contributed by atoms with Crippen molar-refractivity contribution in [1.82, 2.24) is 0 Å². The lowest BCUT2D eigenvalue weighted by atomic mass is 10.2. The van der Waals surface area contributed by atoms with Gasteiger partial charge < -0.3 is 10.4 Å². The number of nitrogens with one attached hydrogen (secondary N) is 1. The van der Waals surface area contributed by atoms with Gasteiger partial charge in [0.2, 0.25) is 10.0 Å². The quantitative estimate of drug-likeness (QED) is 0.780. The third kappa shape index (κ3) is 3.77. The monoisotopic (exact) mass is 298 g/mol. The molecule has 0 saturated heterocycles. The number of hydrogen-bond donors (Lipinski definition) is 3. The SMILES string of the molecule is NS(=O)(=O)c1ccc(NCC(O)c2ccsc2)cc1. The summed E-state index contributed by atoms with van der Waals surface area (Å²) in [5, 5.41) is 21.7. The van der Waals surface area contributed by atoms with Gasteiger partial charge in [-0.1, -0.05) is 0 Å². The Kier molecular flexibility index (Phi) is 4.20. The molecule has 1 atom stereocenters. The van der Waals surface area contributed by atoms with Gasteiger partial charge in [0.05, 0.1) is 11.0 Å². The maximum atomic E-state index is 11.1. The van der Waals surface area contributed by atoms with Crippen molar-refractivity contribution in [2.75, 3.05) is 11.9 Å². The summed E-state index contributed by atoms with van der Waals surface area (Å²) >= 11 is 1.53. The minimum Gasteiger partial charge on any atom is -0.387 e. The van der Waals surface area contributed by atoms with Crippen LogP contribution in [-0.2, 0) is 10.0 Å². The summed E-state index contributed by atoms with van der Waals surface area (Å²) in [6.45, 7) is 0.353. The van der Waals surface area contributed by atoms with E-state index in [1.54, 1.807) is 12.1 Å². The number of hydrogen-bond acceptors (Lipinski definition) is 5. The molecule has 0 fully saturated rings. The molecule has 19 heavy (non-hydrogen) atoms. The number of benzene rings is 1. The van der Waals surface area contributed by atoms with Crippen molar-refractivity contribution >= 4 is 27.0 Å². The second-order valence-corrected chi connectivity index (χ2v) is 6.36. The van der Waals surface area contributed by atoms with Crippen LogP contribution < -0.4 is 10.5 Å². The van der Waals surface area contributed by atoms with Gasteiger partial charge in [0.1, 0.15) is 0 Å². The Morgan fingerprint density at radius 2 is 1.95 bits per heavy atom. The Morgan fingerprint density at radius 1 is 1.26 bits per heavy atom. The third-order valence-electron chi connectivity index (χ3n) is 2.61. The summed E-state index contributed by atoms with van der Waals surface area (Å²) in [6.07, 6.45) is -0.593. The van der Waals surface area contributed by atoms with Gasteiger partial charge in [0.15, 0.2) is 0 Å². The predicted molar refractivity (Wildman–Crippen MR) is 75.6 cm³/mol. The van der Waals surface area contributed by atoms with E-state index in [1.807, 2.05) is 16.8 Å². The number of rotatable bonds is 5. The van der Waals surface area contributed by atoms with Crippen molar-refractivity contribution in [3.63, 3.8) is 0 Å². The topological polar surface area (TPSA) is 92.4 Å². The fourth-order valence-corrected chi connectivity index (χ4v) is 2.78. The Labute approximate surface area is 115 Å². The standard InChI is InChI=1S/C12H14N2O3S2/c13-19(16,17)11-3-1-10(2-4-11)14-7-12(15)9-5-6-18-8-9/h1-6,8,12,14-15H,7H2,(H2,13,16,17). The maximum absolute atomic E-state index is 11.1. The van der Waals surface area contributed by atoms with E-state index in [-0.39, 0.29) is 4.90 Å². The number of aliphatic hydroxyl groups excluding tert-OH is 1. The van der Waals surface area contributed by atoms with E-state index < -0.39 is 16.1 Å². The fraction of sp³-hybridized carbons (Fsp3) is 0.167. The van der Waals surface area contributed by atoms with Crippen molar-refractivity contribution in [3.8, 4) is 0 Å². The highest BCUT2D eigenvalue weighted by atomic mass is 32.2. The molecule has 0 amide bonds. The van der Waals surface area contributed by atoms with E-state index in [1.165, 1.54) is 23.5 Å². The molecule has 0 radical (unpaired) electrons. The average Bonchev–Trinajstić information content (AvgIpc) is 2.89. The molecule has 2 rings (SSSR count). The van der Waals surface area contributed by atoms with E-state index in [0.717, 1.165) is 11.3 Å². The molecule has 0 aliphatic rings. The molecular formula is C12H14N2O3S2. The number of thiophene rings is 1. The summed E-state index contributed by atoms with van der Waals surface area (Å²) in [5.74, 6) is 0. The van der Waals surface area contributed by atoms with E-state index in [2.05, 4.69) is 5.32 Å². The van der Waals surface area contributed by atoms with Crippen LogP contribution in [0, 0.1) is 0 Å². The molecule has 1 heterocycles. The Bertz CT molecular complexity index is 622. The van der Waals surface area contributed by atoms with Gasteiger partial charge in [0.25, 0.3) is 0 Å². The Morgan fingerprint density at radius 3 is 2.47 bits per heavy atom. The van der Waals surface area contributed by atoms with Crippen molar-refractivity contribution in [2.24, 2.45) is 5.14 Å². The molecule has 1 aromatic carbocycles. The normalized spacial score (nSPS) is 13.2. The average molecular weight is 298 g/mol. The molecule has 2 aromatic rings. The zero-order valence-corrected chi connectivity index (χ0v) is 11.6. The second kappa shape index (κ2) is 5.70. The highest BCUT2D eigenvalue weighted by molar-refractivity contribution is 7.89. The van der Waals surface area contributed by atoms with E-state index in [4.69, 9.17) is 5.14 Å². The zero-order chi connectivity index (χ0) is 13.9. The summed E-state index contributed by atoms with van der Waals surface area (Å²) in [5.41, 5.74) is 1.58. The number of nitrogens with two attached hydrogens (primary N) is 1. The highest BCUT2D eigenvalue weighted by Gasteiger charge is 2.09. The van der Waals surface area contributed by atoms with Crippen LogP contribution >= 0.6 is 11.3 Å². The molecule has 0 aliphatic heterocycles. The third-order valence-corrected chi connectivity index (χ3v) is 4.24. The van der Waals surface area contributed by atoms with Gasteiger partial charge in [-0.05, 0) is 46.7 Å². The smallest absolute Gasteiger partial charge is 0.238 e. The lowest BCUT2D eigenvalue weighted by Gasteiger charge is -2.11. The number of aliphatic hydroxyl groups is 1. The summed E-state index contributed by atoms with van der Waals surface area (Å²) in [4.78, 5) is 0.0661. The minimum absolute atomic E-state index is 0.0661. The molecule has 4 N–H and O–H groups in total.